The van der Waals surface area contributed by atoms with Crippen molar-refractivity contribution in [2.45, 2.75) is 115 Å². The molecule has 0 radical (unpaired) electrons. The summed E-state index contributed by atoms with van der Waals surface area (Å²) in [5.74, 6) is -0.888. The van der Waals surface area contributed by atoms with Gasteiger partial charge in [0.15, 0.2) is 6.29 Å². The topological polar surface area (TPSA) is 171 Å². The number of aldehydes is 1. The predicted molar refractivity (Wildman–Crippen MR) is 177 cm³/mol. The van der Waals surface area contributed by atoms with Crippen LogP contribution in [0.5, 0.6) is 0 Å². The zero-order valence-electron chi connectivity index (χ0n) is 27.5. The van der Waals surface area contributed by atoms with Crippen molar-refractivity contribution in [2.75, 3.05) is 19.8 Å². The highest BCUT2D eigenvalue weighted by atomic mass is 16.5. The zero-order chi connectivity index (χ0) is 34.4. The fourth-order valence-electron chi connectivity index (χ4n) is 4.09. The van der Waals surface area contributed by atoms with Gasteiger partial charge in [0, 0.05) is 0 Å². The van der Waals surface area contributed by atoms with E-state index in [1.54, 1.807) is 24.3 Å². The zero-order valence-corrected chi connectivity index (χ0v) is 27.5. The number of ether oxygens (including phenoxy) is 2. The smallest absolute Gasteiger partial charge is 0.339 e. The molecule has 4 atom stereocenters. The largest absolute Gasteiger partial charge is 0.462 e. The number of rotatable bonds is 21. The summed E-state index contributed by atoms with van der Waals surface area (Å²) in [5.41, 5.74) is 0.586. The lowest BCUT2D eigenvalue weighted by Crippen LogP contribution is -2.46. The lowest BCUT2D eigenvalue weighted by atomic mass is 10.0. The van der Waals surface area contributed by atoms with E-state index in [4.69, 9.17) is 35.0 Å². The molecule has 0 saturated carbocycles. The number of esters is 2. The molecule has 2 rings (SSSR count). The number of aliphatic hydroxyl groups excluding tert-OH is 5. The Morgan fingerprint density at radius 2 is 0.978 bits per heavy atom. The third-order valence-corrected chi connectivity index (χ3v) is 6.92. The minimum absolute atomic E-state index is 0.0258. The molecular formula is C36H56O10. The molecular weight excluding hydrogens is 592 g/mol. The summed E-state index contributed by atoms with van der Waals surface area (Å²) in [6.45, 7) is 4.41. The summed E-state index contributed by atoms with van der Waals surface area (Å²) in [6.07, 6.45) is 6.79. The Hall–Kier alpha value is -3.15. The highest BCUT2D eigenvalue weighted by Gasteiger charge is 2.29. The van der Waals surface area contributed by atoms with Crippen LogP contribution < -0.4 is 0 Å². The first-order valence-electron chi connectivity index (χ1n) is 16.5. The quantitative estimate of drug-likeness (QED) is 0.0703. The number of carbonyl (C=O) groups excluding carboxylic acids is 3. The van der Waals surface area contributed by atoms with Gasteiger partial charge in [0.1, 0.15) is 24.4 Å². The number of hydrogen-bond acceptors (Lipinski definition) is 10. The van der Waals surface area contributed by atoms with Crippen LogP contribution in [0.3, 0.4) is 0 Å². The molecule has 2 aromatic carbocycles. The molecule has 0 bridgehead atoms. The van der Waals surface area contributed by atoms with Crippen LogP contribution in [0, 0.1) is 0 Å². The first kappa shape index (κ1) is 42.9. The van der Waals surface area contributed by atoms with E-state index in [-0.39, 0.29) is 6.29 Å². The number of carbonyl (C=O) groups is 3. The Labute approximate surface area is 274 Å². The Bertz CT molecular complexity index is 941. The van der Waals surface area contributed by atoms with Gasteiger partial charge in [-0.15, -0.1) is 0 Å². The van der Waals surface area contributed by atoms with Crippen LogP contribution in [0.15, 0.2) is 60.7 Å². The molecule has 0 aliphatic carbocycles. The molecule has 2 aromatic rings. The van der Waals surface area contributed by atoms with Crippen molar-refractivity contribution in [1.82, 2.24) is 0 Å². The summed E-state index contributed by atoms with van der Waals surface area (Å²) in [5, 5.41) is 43.5. The monoisotopic (exact) mass is 648 g/mol. The van der Waals surface area contributed by atoms with Crippen molar-refractivity contribution in [3.8, 4) is 0 Å². The van der Waals surface area contributed by atoms with Gasteiger partial charge in [0.25, 0.3) is 0 Å². The molecule has 5 N–H and O–H groups in total. The molecule has 0 aromatic heterocycles. The maximum absolute atomic E-state index is 12.4. The molecule has 4 unspecified atom stereocenters. The SMILES string of the molecule is CCCCCCCCOC(=O)c1ccccc1C(=O)OCCCCCCCC.O=CC(O)C(O)C(O)C(O)CO.c1ccccc1. The average molecular weight is 649 g/mol. The number of hydrogen-bond donors (Lipinski definition) is 5. The van der Waals surface area contributed by atoms with E-state index in [0.29, 0.717) is 24.3 Å². The molecule has 0 spiro atoms. The van der Waals surface area contributed by atoms with Crippen molar-refractivity contribution in [2.24, 2.45) is 0 Å². The molecule has 0 saturated heterocycles. The van der Waals surface area contributed by atoms with Crippen LogP contribution >= 0.6 is 0 Å². The molecule has 46 heavy (non-hydrogen) atoms. The van der Waals surface area contributed by atoms with Crippen LogP contribution in [-0.4, -0.2) is 88.0 Å². The molecule has 260 valence electrons. The lowest BCUT2D eigenvalue weighted by Gasteiger charge is -2.22. The van der Waals surface area contributed by atoms with Gasteiger partial charge in [-0.05, 0) is 25.0 Å². The number of unbranched alkanes of at least 4 members (excludes halogenated alkanes) is 10. The normalized spacial score (nSPS) is 13.0. The Morgan fingerprint density at radius 3 is 1.33 bits per heavy atom. The van der Waals surface area contributed by atoms with Crippen molar-refractivity contribution in [3.05, 3.63) is 71.8 Å². The van der Waals surface area contributed by atoms with Crippen molar-refractivity contribution < 1.29 is 49.4 Å². The van der Waals surface area contributed by atoms with Gasteiger partial charge < -0.3 is 39.8 Å². The van der Waals surface area contributed by atoms with Crippen LogP contribution in [0.2, 0.25) is 0 Å². The molecule has 10 heteroatoms. The summed E-state index contributed by atoms with van der Waals surface area (Å²) in [7, 11) is 0. The van der Waals surface area contributed by atoms with Crippen LogP contribution in [0.4, 0.5) is 0 Å². The molecule has 0 aliphatic heterocycles. The highest BCUT2D eigenvalue weighted by Crippen LogP contribution is 2.14. The van der Waals surface area contributed by atoms with E-state index >= 15 is 0 Å². The van der Waals surface area contributed by atoms with Crippen LogP contribution in [0.1, 0.15) is 112 Å². The van der Waals surface area contributed by atoms with E-state index in [9.17, 15) is 14.4 Å². The van der Waals surface area contributed by atoms with Crippen molar-refractivity contribution in [3.63, 3.8) is 0 Å². The van der Waals surface area contributed by atoms with E-state index in [0.717, 1.165) is 25.7 Å². The molecule has 0 amide bonds. The lowest BCUT2D eigenvalue weighted by molar-refractivity contribution is -0.136. The second-order valence-corrected chi connectivity index (χ2v) is 10.9. The summed E-state index contributed by atoms with van der Waals surface area (Å²) >= 11 is 0. The third kappa shape index (κ3) is 20.8. The Balaban J connectivity index is 0.000000913. The number of benzene rings is 2. The second-order valence-electron chi connectivity index (χ2n) is 10.9. The highest BCUT2D eigenvalue weighted by molar-refractivity contribution is 6.03. The van der Waals surface area contributed by atoms with Gasteiger partial charge in [-0.2, -0.15) is 0 Å². The van der Waals surface area contributed by atoms with E-state index in [2.05, 4.69) is 13.8 Å². The minimum Gasteiger partial charge on any atom is -0.462 e. The standard InChI is InChI=1S/C24H38O4.C6H12O6.C6H6/c1-3-5-7-9-11-15-19-27-23(25)21-17-13-14-18-22(21)24(26)28-20-16-12-10-8-6-4-2;7-1-3(9)5(11)6(12)4(10)2-8;1-2-4-6-5-3-1/h13-14,17-18H,3-12,15-16,19-20H2,1-2H3;1,3-6,8-12H,2H2;1-6H. The van der Waals surface area contributed by atoms with Crippen molar-refractivity contribution in [1.29, 1.82) is 0 Å². The maximum Gasteiger partial charge on any atom is 0.339 e. The average Bonchev–Trinajstić information content (AvgIpc) is 3.10. The van der Waals surface area contributed by atoms with E-state index in [1.165, 1.54) is 51.4 Å². The molecule has 0 aliphatic rings. The van der Waals surface area contributed by atoms with Gasteiger partial charge in [0.05, 0.1) is 30.9 Å². The van der Waals surface area contributed by atoms with Crippen molar-refractivity contribution >= 4 is 18.2 Å². The van der Waals surface area contributed by atoms with Crippen LogP contribution in [-0.2, 0) is 14.3 Å². The maximum atomic E-state index is 12.4. The van der Waals surface area contributed by atoms with Gasteiger partial charge in [-0.3, -0.25) is 0 Å². The second kappa shape index (κ2) is 29.3. The molecule has 0 heterocycles. The first-order chi connectivity index (χ1) is 22.2. The van der Waals surface area contributed by atoms with Gasteiger partial charge in [-0.1, -0.05) is 127 Å². The summed E-state index contributed by atoms with van der Waals surface area (Å²) < 4.78 is 10.7. The van der Waals surface area contributed by atoms with Gasteiger partial charge in [-0.25, -0.2) is 9.59 Å². The summed E-state index contributed by atoms with van der Waals surface area (Å²) in [6, 6.07) is 18.7. The fourth-order valence-corrected chi connectivity index (χ4v) is 4.09. The minimum atomic E-state index is -1.79. The van der Waals surface area contributed by atoms with Gasteiger partial charge in [0.2, 0.25) is 0 Å². The van der Waals surface area contributed by atoms with Crippen LogP contribution in [0.25, 0.3) is 0 Å². The van der Waals surface area contributed by atoms with Gasteiger partial charge >= 0.3 is 11.9 Å². The Kier molecular flexibility index (Phi) is 27.3. The third-order valence-electron chi connectivity index (χ3n) is 6.92. The predicted octanol–water partition coefficient (Wildman–Crippen LogP) is 5.03. The number of aliphatic hydroxyl groups is 5. The Morgan fingerprint density at radius 1 is 0.609 bits per heavy atom. The fraction of sp³-hybridized carbons (Fsp3) is 0.583. The van der Waals surface area contributed by atoms with E-state index < -0.39 is 43.0 Å². The van der Waals surface area contributed by atoms with E-state index in [1.807, 2.05) is 36.4 Å². The summed E-state index contributed by atoms with van der Waals surface area (Å²) in [4.78, 5) is 34.6. The molecule has 0 fully saturated rings. The molecule has 10 nitrogen and oxygen atoms in total. The first-order valence-corrected chi connectivity index (χ1v) is 16.5.